The molecule has 2 amide bonds. The van der Waals surface area contributed by atoms with Crippen LogP contribution in [0.2, 0.25) is 5.02 Å². The van der Waals surface area contributed by atoms with E-state index in [1.54, 1.807) is 41.8 Å². The Morgan fingerprint density at radius 1 is 1.17 bits per heavy atom. The van der Waals surface area contributed by atoms with Crippen LogP contribution in [0.15, 0.2) is 60.1 Å². The lowest BCUT2D eigenvalue weighted by Crippen LogP contribution is -2.28. The number of rotatable bonds is 4. The first-order valence-electron chi connectivity index (χ1n) is 7.00. The van der Waals surface area contributed by atoms with E-state index < -0.39 is 0 Å². The van der Waals surface area contributed by atoms with Gasteiger partial charge in [-0.3, -0.25) is 4.98 Å². The first kappa shape index (κ1) is 15.5. The van der Waals surface area contributed by atoms with Crippen molar-refractivity contribution >= 4 is 34.7 Å². The Morgan fingerprint density at radius 2 is 2.09 bits per heavy atom. The summed E-state index contributed by atoms with van der Waals surface area (Å²) in [4.78, 5) is 17.5. The molecule has 2 aromatic heterocycles. The number of urea groups is 1. The quantitative estimate of drug-likeness (QED) is 0.716. The topological polar surface area (TPSA) is 54.0 Å². The smallest absolute Gasteiger partial charge is 0.319 e. The summed E-state index contributed by atoms with van der Waals surface area (Å²) in [6.45, 7) is 0.396. The number of hydrogen-bond donors (Lipinski definition) is 2. The van der Waals surface area contributed by atoms with E-state index in [0.717, 1.165) is 16.1 Å². The molecule has 0 fully saturated rings. The maximum absolute atomic E-state index is 12.0. The highest BCUT2D eigenvalue weighted by molar-refractivity contribution is 7.13. The number of nitrogens with zero attached hydrogens (tertiary/aromatic N) is 1. The van der Waals surface area contributed by atoms with E-state index in [2.05, 4.69) is 15.6 Å². The Morgan fingerprint density at radius 3 is 2.87 bits per heavy atom. The number of amides is 2. The summed E-state index contributed by atoms with van der Waals surface area (Å²) in [6, 6.07) is 14.6. The van der Waals surface area contributed by atoms with E-state index in [1.807, 2.05) is 29.6 Å². The van der Waals surface area contributed by atoms with E-state index in [0.29, 0.717) is 17.3 Å². The van der Waals surface area contributed by atoms with Gasteiger partial charge in [0.2, 0.25) is 0 Å². The van der Waals surface area contributed by atoms with Crippen LogP contribution in [0.25, 0.3) is 10.6 Å². The van der Waals surface area contributed by atoms with Gasteiger partial charge in [-0.05, 0) is 41.3 Å². The third kappa shape index (κ3) is 4.09. The molecule has 4 nitrogen and oxygen atoms in total. The predicted octanol–water partition coefficient (Wildman–Crippen LogP) is 4.79. The molecule has 0 aliphatic carbocycles. The van der Waals surface area contributed by atoms with Gasteiger partial charge in [-0.15, -0.1) is 11.3 Å². The molecule has 2 N–H and O–H groups in total. The van der Waals surface area contributed by atoms with Crippen LogP contribution in [0.4, 0.5) is 10.5 Å². The molecule has 23 heavy (non-hydrogen) atoms. The molecule has 0 saturated carbocycles. The summed E-state index contributed by atoms with van der Waals surface area (Å²) >= 11 is 7.52. The van der Waals surface area contributed by atoms with Crippen LogP contribution in [-0.2, 0) is 6.54 Å². The van der Waals surface area contributed by atoms with E-state index in [-0.39, 0.29) is 6.03 Å². The second-order valence-corrected chi connectivity index (χ2v) is 6.19. The highest BCUT2D eigenvalue weighted by atomic mass is 35.5. The van der Waals surface area contributed by atoms with Crippen LogP contribution in [-0.4, -0.2) is 11.0 Å². The summed E-state index contributed by atoms with van der Waals surface area (Å²) in [7, 11) is 0. The van der Waals surface area contributed by atoms with E-state index in [1.165, 1.54) is 0 Å². The number of thiophene rings is 1. The highest BCUT2D eigenvalue weighted by Crippen LogP contribution is 2.25. The van der Waals surface area contributed by atoms with Crippen molar-refractivity contribution in [2.45, 2.75) is 6.54 Å². The van der Waals surface area contributed by atoms with Gasteiger partial charge in [-0.25, -0.2) is 4.79 Å². The standard InChI is InChI=1S/C17H14ClN3OS/c18-13-5-1-6-14(10-13)21-17(22)20-11-12-4-2-8-19-16(12)15-7-3-9-23-15/h1-10H,11H2,(H2,20,21,22). The molecule has 0 saturated heterocycles. The fourth-order valence-electron chi connectivity index (χ4n) is 2.13. The summed E-state index contributed by atoms with van der Waals surface area (Å²) in [5.41, 5.74) is 2.52. The first-order chi connectivity index (χ1) is 11.2. The normalized spacial score (nSPS) is 10.3. The SMILES string of the molecule is O=C(NCc1cccnc1-c1cccs1)Nc1cccc(Cl)c1. The average Bonchev–Trinajstić information content (AvgIpc) is 3.07. The minimum atomic E-state index is -0.284. The van der Waals surface area contributed by atoms with Crippen LogP contribution in [0, 0.1) is 0 Å². The van der Waals surface area contributed by atoms with Gasteiger partial charge in [0.25, 0.3) is 0 Å². The second kappa shape index (κ2) is 7.26. The van der Waals surface area contributed by atoms with Crippen molar-refractivity contribution in [2.75, 3.05) is 5.32 Å². The molecular formula is C17H14ClN3OS. The van der Waals surface area contributed by atoms with Gasteiger partial charge in [0, 0.05) is 23.5 Å². The molecule has 6 heteroatoms. The Balaban J connectivity index is 1.66. The van der Waals surface area contributed by atoms with Crippen LogP contribution in [0.5, 0.6) is 0 Å². The molecule has 1 aromatic carbocycles. The second-order valence-electron chi connectivity index (χ2n) is 4.81. The van der Waals surface area contributed by atoms with Gasteiger partial charge in [-0.1, -0.05) is 29.8 Å². The minimum Gasteiger partial charge on any atom is -0.334 e. The lowest BCUT2D eigenvalue weighted by Gasteiger charge is -2.10. The zero-order chi connectivity index (χ0) is 16.1. The van der Waals surface area contributed by atoms with Gasteiger partial charge < -0.3 is 10.6 Å². The zero-order valence-electron chi connectivity index (χ0n) is 12.1. The van der Waals surface area contributed by atoms with Crippen molar-refractivity contribution < 1.29 is 4.79 Å². The first-order valence-corrected chi connectivity index (χ1v) is 8.26. The van der Waals surface area contributed by atoms with Crippen LogP contribution in [0.1, 0.15) is 5.56 Å². The monoisotopic (exact) mass is 343 g/mol. The zero-order valence-corrected chi connectivity index (χ0v) is 13.7. The van der Waals surface area contributed by atoms with Crippen molar-refractivity contribution in [2.24, 2.45) is 0 Å². The Bertz CT molecular complexity index is 805. The van der Waals surface area contributed by atoms with Crippen molar-refractivity contribution in [3.8, 4) is 10.6 Å². The molecular weight excluding hydrogens is 330 g/mol. The van der Waals surface area contributed by atoms with Crippen LogP contribution < -0.4 is 10.6 Å². The van der Waals surface area contributed by atoms with Crippen molar-refractivity contribution in [1.29, 1.82) is 0 Å². The third-order valence-electron chi connectivity index (χ3n) is 3.17. The maximum atomic E-state index is 12.0. The number of carbonyl (C=O) groups is 1. The number of pyridine rings is 1. The number of benzene rings is 1. The summed E-state index contributed by atoms with van der Waals surface area (Å²) in [5, 5.41) is 8.18. The molecule has 0 unspecified atom stereocenters. The highest BCUT2D eigenvalue weighted by Gasteiger charge is 2.09. The van der Waals surface area contributed by atoms with Crippen LogP contribution in [0.3, 0.4) is 0 Å². The molecule has 3 rings (SSSR count). The van der Waals surface area contributed by atoms with Gasteiger partial charge >= 0.3 is 6.03 Å². The number of halogens is 1. The predicted molar refractivity (Wildman–Crippen MR) is 94.9 cm³/mol. The molecule has 3 aromatic rings. The molecule has 0 atom stereocenters. The number of anilines is 1. The third-order valence-corrected chi connectivity index (χ3v) is 4.28. The molecule has 2 heterocycles. The molecule has 0 bridgehead atoms. The number of nitrogens with one attached hydrogen (secondary N) is 2. The number of aromatic nitrogens is 1. The fourth-order valence-corrected chi connectivity index (χ4v) is 3.08. The van der Waals surface area contributed by atoms with Crippen molar-refractivity contribution in [1.82, 2.24) is 10.3 Å². The van der Waals surface area contributed by atoms with Gasteiger partial charge in [0.1, 0.15) is 0 Å². The Labute approximate surface area is 143 Å². The van der Waals surface area contributed by atoms with Gasteiger partial charge in [0.15, 0.2) is 0 Å². The Hall–Kier alpha value is -2.37. The molecule has 116 valence electrons. The average molecular weight is 344 g/mol. The molecule has 0 spiro atoms. The molecule has 0 aliphatic rings. The van der Waals surface area contributed by atoms with Crippen molar-refractivity contribution in [3.63, 3.8) is 0 Å². The van der Waals surface area contributed by atoms with Gasteiger partial charge in [0.05, 0.1) is 10.6 Å². The minimum absolute atomic E-state index is 0.284. The summed E-state index contributed by atoms with van der Waals surface area (Å²) in [6.07, 6.45) is 1.75. The lowest BCUT2D eigenvalue weighted by atomic mass is 10.1. The lowest BCUT2D eigenvalue weighted by molar-refractivity contribution is 0.252. The van der Waals surface area contributed by atoms with E-state index >= 15 is 0 Å². The van der Waals surface area contributed by atoms with Crippen LogP contribution >= 0.6 is 22.9 Å². The van der Waals surface area contributed by atoms with Gasteiger partial charge in [-0.2, -0.15) is 0 Å². The fraction of sp³-hybridized carbons (Fsp3) is 0.0588. The Kier molecular flexibility index (Phi) is 4.90. The van der Waals surface area contributed by atoms with Crippen molar-refractivity contribution in [3.05, 3.63) is 70.7 Å². The van der Waals surface area contributed by atoms with E-state index in [4.69, 9.17) is 11.6 Å². The number of hydrogen-bond acceptors (Lipinski definition) is 3. The maximum Gasteiger partial charge on any atom is 0.319 e. The van der Waals surface area contributed by atoms with E-state index in [9.17, 15) is 4.79 Å². The summed E-state index contributed by atoms with van der Waals surface area (Å²) < 4.78 is 0. The summed E-state index contributed by atoms with van der Waals surface area (Å²) in [5.74, 6) is 0. The number of carbonyl (C=O) groups excluding carboxylic acids is 1. The molecule has 0 radical (unpaired) electrons. The molecule has 0 aliphatic heterocycles. The largest absolute Gasteiger partial charge is 0.334 e.